The molecule has 0 aliphatic heterocycles. The Morgan fingerprint density at radius 1 is 1.67 bits per heavy atom. The van der Waals surface area contributed by atoms with Crippen molar-refractivity contribution in [2.45, 2.75) is 13.5 Å². The van der Waals surface area contributed by atoms with Gasteiger partial charge in [-0.05, 0) is 17.0 Å². The van der Waals surface area contributed by atoms with Crippen molar-refractivity contribution in [1.29, 1.82) is 0 Å². The topological polar surface area (TPSA) is 40.5 Å². The largest absolute Gasteiger partial charge is 0.384 e. The van der Waals surface area contributed by atoms with E-state index in [0.29, 0.717) is 6.54 Å². The van der Waals surface area contributed by atoms with Crippen LogP contribution in [-0.2, 0) is 11.3 Å². The lowest BCUT2D eigenvalue weighted by Gasteiger charge is -2.12. The maximum absolute atomic E-state index is 11.0. The summed E-state index contributed by atoms with van der Waals surface area (Å²) in [7, 11) is 1.76. The molecular weight excluding hydrogens is 210 g/mol. The van der Waals surface area contributed by atoms with E-state index >= 15 is 0 Å². The first kappa shape index (κ1) is 11.8. The minimum Gasteiger partial charge on any atom is -0.384 e. The summed E-state index contributed by atoms with van der Waals surface area (Å²) in [5.74, 6) is 5.47. The molecule has 1 heterocycles. The molecule has 80 valence electrons. The van der Waals surface area contributed by atoms with Gasteiger partial charge in [-0.2, -0.15) is 0 Å². The summed E-state index contributed by atoms with van der Waals surface area (Å²) in [6.45, 7) is 2.02. The summed E-state index contributed by atoms with van der Waals surface area (Å²) in [6.07, 6.45) is 0. The summed E-state index contributed by atoms with van der Waals surface area (Å²) in [6, 6.07) is 1.94. The van der Waals surface area contributed by atoms with E-state index in [2.05, 4.69) is 11.8 Å². The standard InChI is InChI=1S/C11H13NO2S/c1-9(14)12(2)7-10-6-11(15-8-10)4-3-5-13/h6,8,13H,5,7H2,1-2H3. The Morgan fingerprint density at radius 3 is 3.00 bits per heavy atom. The molecule has 3 nitrogen and oxygen atoms in total. The van der Waals surface area contributed by atoms with Crippen molar-refractivity contribution < 1.29 is 9.90 Å². The lowest BCUT2D eigenvalue weighted by atomic mass is 10.3. The third-order valence-corrected chi connectivity index (χ3v) is 2.80. The van der Waals surface area contributed by atoms with Crippen molar-refractivity contribution in [1.82, 2.24) is 4.90 Å². The number of aliphatic hydroxyl groups excluding tert-OH is 1. The number of carbonyl (C=O) groups excluding carboxylic acids is 1. The Labute approximate surface area is 93.3 Å². The fourth-order valence-corrected chi connectivity index (χ4v) is 1.81. The van der Waals surface area contributed by atoms with Gasteiger partial charge in [-0.25, -0.2) is 0 Å². The van der Waals surface area contributed by atoms with Crippen molar-refractivity contribution in [3.8, 4) is 11.8 Å². The average molecular weight is 223 g/mol. The molecule has 15 heavy (non-hydrogen) atoms. The summed E-state index contributed by atoms with van der Waals surface area (Å²) < 4.78 is 0. The van der Waals surface area contributed by atoms with Gasteiger partial charge in [0.15, 0.2) is 0 Å². The van der Waals surface area contributed by atoms with Crippen LogP contribution in [0, 0.1) is 11.8 Å². The number of hydrogen-bond donors (Lipinski definition) is 1. The smallest absolute Gasteiger partial charge is 0.219 e. The maximum Gasteiger partial charge on any atom is 0.219 e. The van der Waals surface area contributed by atoms with Gasteiger partial charge in [0, 0.05) is 20.5 Å². The molecule has 0 atom stereocenters. The monoisotopic (exact) mass is 223 g/mol. The third kappa shape index (κ3) is 3.74. The van der Waals surface area contributed by atoms with Gasteiger partial charge in [-0.3, -0.25) is 4.79 Å². The highest BCUT2D eigenvalue weighted by atomic mass is 32.1. The molecular formula is C11H13NO2S. The van der Waals surface area contributed by atoms with E-state index in [1.807, 2.05) is 11.4 Å². The highest BCUT2D eigenvalue weighted by molar-refractivity contribution is 7.10. The zero-order valence-electron chi connectivity index (χ0n) is 8.78. The van der Waals surface area contributed by atoms with Gasteiger partial charge >= 0.3 is 0 Å². The fraction of sp³-hybridized carbons (Fsp3) is 0.364. The molecule has 0 saturated heterocycles. The average Bonchev–Trinajstić information content (AvgIpc) is 2.62. The molecule has 0 saturated carbocycles. The second kappa shape index (κ2) is 5.54. The number of aliphatic hydroxyl groups is 1. The summed E-state index contributed by atoms with van der Waals surface area (Å²) in [5.41, 5.74) is 1.07. The van der Waals surface area contributed by atoms with Crippen molar-refractivity contribution in [3.63, 3.8) is 0 Å². The highest BCUT2D eigenvalue weighted by Gasteiger charge is 2.04. The number of amides is 1. The molecule has 0 fully saturated rings. The minimum atomic E-state index is -0.124. The number of nitrogens with zero attached hydrogens (tertiary/aromatic N) is 1. The molecule has 0 aliphatic carbocycles. The maximum atomic E-state index is 11.0. The molecule has 1 aromatic rings. The summed E-state index contributed by atoms with van der Waals surface area (Å²) >= 11 is 1.52. The van der Waals surface area contributed by atoms with E-state index in [1.165, 1.54) is 11.3 Å². The van der Waals surface area contributed by atoms with E-state index in [-0.39, 0.29) is 12.5 Å². The van der Waals surface area contributed by atoms with Crippen molar-refractivity contribution in [2.24, 2.45) is 0 Å². The van der Waals surface area contributed by atoms with Crippen LogP contribution in [0.15, 0.2) is 11.4 Å². The molecule has 0 unspecified atom stereocenters. The Hall–Kier alpha value is -1.31. The van der Waals surface area contributed by atoms with Crippen molar-refractivity contribution in [2.75, 3.05) is 13.7 Å². The second-order valence-electron chi connectivity index (χ2n) is 3.15. The van der Waals surface area contributed by atoms with E-state index in [9.17, 15) is 4.79 Å². The summed E-state index contributed by atoms with van der Waals surface area (Å²) in [5, 5.41) is 10.5. The molecule has 0 aliphatic rings. The van der Waals surface area contributed by atoms with Crippen molar-refractivity contribution >= 4 is 17.2 Å². The van der Waals surface area contributed by atoms with E-state index in [0.717, 1.165) is 10.4 Å². The third-order valence-electron chi connectivity index (χ3n) is 1.90. The summed E-state index contributed by atoms with van der Waals surface area (Å²) in [4.78, 5) is 13.6. The van der Waals surface area contributed by atoms with Crippen LogP contribution < -0.4 is 0 Å². The quantitative estimate of drug-likeness (QED) is 0.762. The minimum absolute atomic E-state index is 0.0455. The molecule has 0 aromatic carbocycles. The van der Waals surface area contributed by atoms with E-state index in [4.69, 9.17) is 5.11 Å². The molecule has 0 bridgehead atoms. The Balaban J connectivity index is 2.64. The van der Waals surface area contributed by atoms with Crippen LogP contribution in [0.3, 0.4) is 0 Å². The lowest BCUT2D eigenvalue weighted by Crippen LogP contribution is -2.22. The SMILES string of the molecule is CC(=O)N(C)Cc1csc(C#CCO)c1. The van der Waals surface area contributed by atoms with Crippen LogP contribution in [-0.4, -0.2) is 29.6 Å². The Kier molecular flexibility index (Phi) is 4.35. The first-order valence-corrected chi connectivity index (χ1v) is 5.40. The molecule has 1 N–H and O–H groups in total. The van der Waals surface area contributed by atoms with Crippen LogP contribution in [0.4, 0.5) is 0 Å². The van der Waals surface area contributed by atoms with Gasteiger partial charge in [0.2, 0.25) is 5.91 Å². The number of thiophene rings is 1. The van der Waals surface area contributed by atoms with Crippen LogP contribution in [0.5, 0.6) is 0 Å². The Bertz CT molecular complexity index is 400. The van der Waals surface area contributed by atoms with Crippen molar-refractivity contribution in [3.05, 3.63) is 21.9 Å². The predicted molar refractivity (Wildman–Crippen MR) is 60.4 cm³/mol. The second-order valence-corrected chi connectivity index (χ2v) is 4.07. The molecule has 1 amide bonds. The molecule has 1 rings (SSSR count). The number of hydrogen-bond acceptors (Lipinski definition) is 3. The van der Waals surface area contributed by atoms with Gasteiger partial charge in [0.05, 0.1) is 4.88 Å². The van der Waals surface area contributed by atoms with Crippen LogP contribution in [0.1, 0.15) is 17.4 Å². The van der Waals surface area contributed by atoms with Gasteiger partial charge in [-0.1, -0.05) is 11.8 Å². The van der Waals surface area contributed by atoms with Gasteiger partial charge in [0.25, 0.3) is 0 Å². The Morgan fingerprint density at radius 2 is 2.40 bits per heavy atom. The van der Waals surface area contributed by atoms with E-state index < -0.39 is 0 Å². The van der Waals surface area contributed by atoms with Crippen LogP contribution in [0.25, 0.3) is 0 Å². The van der Waals surface area contributed by atoms with Gasteiger partial charge < -0.3 is 10.0 Å². The van der Waals surface area contributed by atoms with Gasteiger partial charge in [0.1, 0.15) is 6.61 Å². The first-order chi connectivity index (χ1) is 7.13. The van der Waals surface area contributed by atoms with Crippen LogP contribution in [0.2, 0.25) is 0 Å². The zero-order chi connectivity index (χ0) is 11.3. The predicted octanol–water partition coefficient (Wildman–Crippen LogP) is 1.07. The highest BCUT2D eigenvalue weighted by Crippen LogP contribution is 2.14. The number of carbonyl (C=O) groups is 1. The lowest BCUT2D eigenvalue weighted by molar-refractivity contribution is -0.128. The molecule has 0 radical (unpaired) electrons. The molecule has 0 spiro atoms. The first-order valence-electron chi connectivity index (χ1n) is 4.52. The number of rotatable bonds is 2. The van der Waals surface area contributed by atoms with E-state index in [1.54, 1.807) is 18.9 Å². The van der Waals surface area contributed by atoms with Crippen LogP contribution >= 0.6 is 11.3 Å². The molecule has 4 heteroatoms. The molecule has 1 aromatic heterocycles. The fourth-order valence-electron chi connectivity index (χ4n) is 1.04. The zero-order valence-corrected chi connectivity index (χ0v) is 9.60. The van der Waals surface area contributed by atoms with Gasteiger partial charge in [-0.15, -0.1) is 11.3 Å². The normalized spacial score (nSPS) is 9.27.